The van der Waals surface area contributed by atoms with Crippen molar-refractivity contribution in [3.05, 3.63) is 35.4 Å². The molecule has 0 heterocycles. The summed E-state index contributed by atoms with van der Waals surface area (Å²) in [6.45, 7) is 1.73. The summed E-state index contributed by atoms with van der Waals surface area (Å²) in [6, 6.07) is 7.05. The first-order valence-corrected chi connectivity index (χ1v) is 6.96. The van der Waals surface area contributed by atoms with Crippen molar-refractivity contribution in [3.63, 3.8) is 0 Å². The number of nitrogens with one attached hydrogen (secondary N) is 2. The van der Waals surface area contributed by atoms with Gasteiger partial charge in [-0.2, -0.15) is 0 Å². The minimum Gasteiger partial charge on any atom is -0.480 e. The van der Waals surface area contributed by atoms with Crippen LogP contribution in [0.2, 0.25) is 0 Å². The first kappa shape index (κ1) is 14.4. The molecule has 0 spiro atoms. The first-order valence-electron chi connectivity index (χ1n) is 6.96. The van der Waals surface area contributed by atoms with Crippen molar-refractivity contribution in [1.82, 2.24) is 10.6 Å². The number of aliphatic carboxylic acids is 1. The van der Waals surface area contributed by atoms with Crippen molar-refractivity contribution in [2.75, 3.05) is 0 Å². The quantitative estimate of drug-likeness (QED) is 0.783. The number of hydrogen-bond donors (Lipinski definition) is 3. The normalized spacial score (nSPS) is 18.8. The average molecular weight is 276 g/mol. The van der Waals surface area contributed by atoms with Crippen LogP contribution in [0, 0.1) is 0 Å². The molecule has 0 aromatic heterocycles. The van der Waals surface area contributed by atoms with Gasteiger partial charge in [-0.25, -0.2) is 9.59 Å². The maximum Gasteiger partial charge on any atom is 0.326 e. The van der Waals surface area contributed by atoms with Crippen LogP contribution < -0.4 is 10.6 Å². The lowest BCUT2D eigenvalue weighted by molar-refractivity contribution is -0.139. The number of carbonyl (C=O) groups is 2. The standard InChI is InChI=1S/C15H20N2O3/c1-2-13(14(18)19)17-15(20)16-12-8-7-10-5-3-4-6-11(10)9-12/h3-6,12-13H,2,7-9H2,1H3,(H,18,19)(H2,16,17,20)/t12?,13-/m1/s1. The van der Waals surface area contributed by atoms with Gasteiger partial charge in [-0.1, -0.05) is 31.2 Å². The first-order chi connectivity index (χ1) is 9.60. The Morgan fingerprint density at radius 1 is 1.35 bits per heavy atom. The lowest BCUT2D eigenvalue weighted by atomic mass is 9.88. The van der Waals surface area contributed by atoms with E-state index in [1.54, 1.807) is 6.92 Å². The summed E-state index contributed by atoms with van der Waals surface area (Å²) >= 11 is 0. The Hall–Kier alpha value is -2.04. The average Bonchev–Trinajstić information content (AvgIpc) is 2.44. The van der Waals surface area contributed by atoms with Gasteiger partial charge in [0.15, 0.2) is 0 Å². The molecule has 20 heavy (non-hydrogen) atoms. The van der Waals surface area contributed by atoms with Crippen LogP contribution >= 0.6 is 0 Å². The molecule has 0 saturated carbocycles. The largest absolute Gasteiger partial charge is 0.480 e. The third-order valence-corrected chi connectivity index (χ3v) is 3.69. The Morgan fingerprint density at radius 2 is 2.05 bits per heavy atom. The van der Waals surface area contributed by atoms with E-state index in [0.29, 0.717) is 6.42 Å². The number of carbonyl (C=O) groups excluding carboxylic acids is 1. The minimum atomic E-state index is -1.00. The smallest absolute Gasteiger partial charge is 0.326 e. The molecule has 0 bridgehead atoms. The van der Waals surface area contributed by atoms with Crippen LogP contribution in [-0.2, 0) is 17.6 Å². The number of rotatable bonds is 4. The predicted octanol–water partition coefficient (Wildman–Crippen LogP) is 1.71. The summed E-state index contributed by atoms with van der Waals surface area (Å²) < 4.78 is 0. The second-order valence-corrected chi connectivity index (χ2v) is 5.13. The molecule has 1 aromatic carbocycles. The highest BCUT2D eigenvalue weighted by Gasteiger charge is 2.22. The summed E-state index contributed by atoms with van der Waals surface area (Å²) in [5.74, 6) is -1.00. The number of benzene rings is 1. The second kappa shape index (κ2) is 6.41. The van der Waals surface area contributed by atoms with E-state index >= 15 is 0 Å². The van der Waals surface area contributed by atoms with Crippen LogP contribution in [0.4, 0.5) is 4.79 Å². The van der Waals surface area contributed by atoms with Crippen LogP contribution in [0.5, 0.6) is 0 Å². The third kappa shape index (κ3) is 3.50. The number of aryl methyl sites for hydroxylation is 1. The topological polar surface area (TPSA) is 78.4 Å². The molecule has 1 aliphatic carbocycles. The molecular formula is C15H20N2O3. The summed E-state index contributed by atoms with van der Waals surface area (Å²) in [5, 5.41) is 14.3. The zero-order chi connectivity index (χ0) is 14.5. The molecule has 1 aliphatic rings. The Balaban J connectivity index is 1.89. The summed E-state index contributed by atoms with van der Waals surface area (Å²) in [4.78, 5) is 22.7. The highest BCUT2D eigenvalue weighted by molar-refractivity contribution is 5.82. The molecule has 0 saturated heterocycles. The molecule has 0 aliphatic heterocycles. The fraction of sp³-hybridized carbons (Fsp3) is 0.467. The van der Waals surface area contributed by atoms with E-state index in [9.17, 15) is 9.59 Å². The number of urea groups is 1. The molecule has 2 rings (SSSR count). The predicted molar refractivity (Wildman–Crippen MR) is 75.6 cm³/mol. The van der Waals surface area contributed by atoms with Crippen molar-refractivity contribution in [2.45, 2.75) is 44.7 Å². The van der Waals surface area contributed by atoms with Crippen LogP contribution in [0.1, 0.15) is 30.9 Å². The molecule has 5 nitrogen and oxygen atoms in total. The number of fused-ring (bicyclic) bond motifs is 1. The van der Waals surface area contributed by atoms with Crippen LogP contribution in [0.15, 0.2) is 24.3 Å². The number of carboxylic acids is 1. The summed E-state index contributed by atoms with van der Waals surface area (Å²) in [7, 11) is 0. The second-order valence-electron chi connectivity index (χ2n) is 5.13. The fourth-order valence-corrected chi connectivity index (χ4v) is 2.54. The van der Waals surface area contributed by atoms with E-state index in [-0.39, 0.29) is 6.04 Å². The minimum absolute atomic E-state index is 0.0659. The SMILES string of the molecule is CC[C@@H](NC(=O)NC1CCc2ccccc2C1)C(=O)O. The molecule has 0 radical (unpaired) electrons. The Kier molecular flexibility index (Phi) is 4.61. The van der Waals surface area contributed by atoms with Gasteiger partial charge < -0.3 is 15.7 Å². The Morgan fingerprint density at radius 3 is 2.70 bits per heavy atom. The van der Waals surface area contributed by atoms with E-state index in [2.05, 4.69) is 22.8 Å². The maximum absolute atomic E-state index is 11.8. The molecule has 2 atom stereocenters. The van der Waals surface area contributed by atoms with E-state index in [1.807, 2.05) is 12.1 Å². The molecule has 108 valence electrons. The fourth-order valence-electron chi connectivity index (χ4n) is 2.54. The van der Waals surface area contributed by atoms with Gasteiger partial charge in [-0.05, 0) is 36.8 Å². The van der Waals surface area contributed by atoms with E-state index in [4.69, 9.17) is 5.11 Å². The molecule has 1 unspecified atom stereocenters. The highest BCUT2D eigenvalue weighted by Crippen LogP contribution is 2.20. The van der Waals surface area contributed by atoms with Crippen molar-refractivity contribution in [1.29, 1.82) is 0 Å². The number of hydrogen-bond acceptors (Lipinski definition) is 2. The van der Waals surface area contributed by atoms with Gasteiger partial charge in [0, 0.05) is 6.04 Å². The third-order valence-electron chi connectivity index (χ3n) is 3.69. The summed E-state index contributed by atoms with van der Waals surface area (Å²) in [5.41, 5.74) is 2.59. The molecule has 2 amide bonds. The molecule has 0 fully saturated rings. The van der Waals surface area contributed by atoms with Crippen LogP contribution in [-0.4, -0.2) is 29.2 Å². The molecular weight excluding hydrogens is 256 g/mol. The highest BCUT2D eigenvalue weighted by atomic mass is 16.4. The van der Waals surface area contributed by atoms with E-state index in [1.165, 1.54) is 11.1 Å². The van der Waals surface area contributed by atoms with Gasteiger partial charge in [-0.3, -0.25) is 0 Å². The molecule has 3 N–H and O–H groups in total. The van der Waals surface area contributed by atoms with Gasteiger partial charge in [-0.15, -0.1) is 0 Å². The Labute approximate surface area is 118 Å². The van der Waals surface area contributed by atoms with Gasteiger partial charge in [0.25, 0.3) is 0 Å². The van der Waals surface area contributed by atoms with Gasteiger partial charge in [0.05, 0.1) is 0 Å². The Bertz CT molecular complexity index is 502. The maximum atomic E-state index is 11.8. The van der Waals surface area contributed by atoms with E-state index < -0.39 is 18.0 Å². The van der Waals surface area contributed by atoms with Gasteiger partial charge >= 0.3 is 12.0 Å². The van der Waals surface area contributed by atoms with Gasteiger partial charge in [0.1, 0.15) is 6.04 Å². The van der Waals surface area contributed by atoms with Crippen molar-refractivity contribution in [3.8, 4) is 0 Å². The van der Waals surface area contributed by atoms with Crippen molar-refractivity contribution < 1.29 is 14.7 Å². The monoisotopic (exact) mass is 276 g/mol. The van der Waals surface area contributed by atoms with Crippen LogP contribution in [0.25, 0.3) is 0 Å². The number of carboxylic acid groups (broad SMARTS) is 1. The molecule has 5 heteroatoms. The summed E-state index contributed by atoms with van der Waals surface area (Å²) in [6.07, 6.45) is 3.00. The zero-order valence-corrected chi connectivity index (χ0v) is 11.6. The number of amides is 2. The zero-order valence-electron chi connectivity index (χ0n) is 11.6. The lowest BCUT2D eigenvalue weighted by Crippen LogP contribution is -2.50. The van der Waals surface area contributed by atoms with Crippen molar-refractivity contribution >= 4 is 12.0 Å². The molecule has 1 aromatic rings. The van der Waals surface area contributed by atoms with E-state index in [0.717, 1.165) is 19.3 Å². The van der Waals surface area contributed by atoms with Crippen molar-refractivity contribution in [2.24, 2.45) is 0 Å². The van der Waals surface area contributed by atoms with Crippen LogP contribution in [0.3, 0.4) is 0 Å². The lowest BCUT2D eigenvalue weighted by Gasteiger charge is -2.26. The van der Waals surface area contributed by atoms with Gasteiger partial charge in [0.2, 0.25) is 0 Å².